The largest absolute Gasteiger partial charge is 0.422 e. The van der Waals surface area contributed by atoms with Crippen LogP contribution < -0.4 is 15.0 Å². The number of hydrogen-bond donors (Lipinski definition) is 2. The molecule has 2 fully saturated rings. The molecule has 0 radical (unpaired) electrons. The molecule has 2 aliphatic rings. The smallest absolute Gasteiger partial charge is 0.364 e. The van der Waals surface area contributed by atoms with Crippen molar-refractivity contribution in [1.29, 1.82) is 0 Å². The minimum atomic E-state index is -0.729. The van der Waals surface area contributed by atoms with Crippen molar-refractivity contribution in [2.24, 2.45) is 5.41 Å². The third kappa shape index (κ3) is 5.03. The molecule has 8 nitrogen and oxygen atoms in total. The third-order valence-electron chi connectivity index (χ3n) is 7.55. The Kier molecular flexibility index (Phi) is 7.21. The number of benzene rings is 2. The van der Waals surface area contributed by atoms with Crippen molar-refractivity contribution in [2.75, 3.05) is 11.4 Å². The molecule has 10 heteroatoms. The number of aromatic nitrogens is 2. The number of hydrogen-bond acceptors (Lipinski definition) is 5. The molecule has 1 aliphatic carbocycles. The highest BCUT2D eigenvalue weighted by Gasteiger charge is 2.47. The van der Waals surface area contributed by atoms with E-state index in [2.05, 4.69) is 15.3 Å². The van der Waals surface area contributed by atoms with Crippen molar-refractivity contribution in [1.82, 2.24) is 15.3 Å². The molecule has 3 aromatic rings. The number of amides is 2. The number of H-pyrrole nitrogens is 1. The SMILES string of the molecule is Cc1cc(N2CCCC3(CCC(NC(=O)c4[nH]cnc4C(=O)Oc4ccccc4)CC3)C2=O)c(Cl)cc1F. The summed E-state index contributed by atoms with van der Waals surface area (Å²) in [5.74, 6) is -1.22. The van der Waals surface area contributed by atoms with Gasteiger partial charge in [0.25, 0.3) is 5.91 Å². The summed E-state index contributed by atoms with van der Waals surface area (Å²) < 4.78 is 19.3. The summed E-state index contributed by atoms with van der Waals surface area (Å²) in [4.78, 5) is 47.7. The monoisotopic (exact) mass is 538 g/mol. The molecule has 2 aromatic carbocycles. The van der Waals surface area contributed by atoms with Crippen molar-refractivity contribution in [3.8, 4) is 5.75 Å². The van der Waals surface area contributed by atoms with Gasteiger partial charge in [-0.25, -0.2) is 14.2 Å². The molecule has 1 saturated carbocycles. The van der Waals surface area contributed by atoms with Crippen LogP contribution in [0.4, 0.5) is 10.1 Å². The van der Waals surface area contributed by atoms with E-state index < -0.39 is 23.1 Å². The third-order valence-corrected chi connectivity index (χ3v) is 7.85. The lowest BCUT2D eigenvalue weighted by Crippen LogP contribution is -2.52. The maximum absolute atomic E-state index is 13.9. The summed E-state index contributed by atoms with van der Waals surface area (Å²) in [5, 5.41) is 3.20. The fourth-order valence-electron chi connectivity index (χ4n) is 5.45. The minimum Gasteiger partial charge on any atom is -0.422 e. The summed E-state index contributed by atoms with van der Waals surface area (Å²) in [5.41, 5.74) is 0.382. The molecule has 1 aliphatic heterocycles. The van der Waals surface area contributed by atoms with E-state index in [1.165, 1.54) is 12.4 Å². The van der Waals surface area contributed by atoms with E-state index in [0.29, 0.717) is 49.2 Å². The second kappa shape index (κ2) is 10.6. The van der Waals surface area contributed by atoms with E-state index in [1.807, 2.05) is 0 Å². The average molecular weight is 539 g/mol. The molecule has 2 amide bonds. The van der Waals surface area contributed by atoms with Gasteiger partial charge in [0.15, 0.2) is 5.69 Å². The van der Waals surface area contributed by atoms with Gasteiger partial charge in [0.05, 0.1) is 17.0 Å². The van der Waals surface area contributed by atoms with Gasteiger partial charge in [0.1, 0.15) is 17.3 Å². The number of carbonyl (C=O) groups is 3. The molecular formula is C28H28ClFN4O4. The lowest BCUT2D eigenvalue weighted by Gasteiger charge is -2.45. The summed E-state index contributed by atoms with van der Waals surface area (Å²) >= 11 is 6.31. The first-order valence-electron chi connectivity index (χ1n) is 12.7. The Morgan fingerprint density at radius 2 is 1.92 bits per heavy atom. The van der Waals surface area contributed by atoms with Crippen molar-refractivity contribution in [3.05, 3.63) is 76.6 Å². The number of aromatic amines is 1. The number of piperidine rings is 1. The summed E-state index contributed by atoms with van der Waals surface area (Å²) in [7, 11) is 0. The Hall–Kier alpha value is -3.72. The molecule has 1 saturated heterocycles. The zero-order valence-electron chi connectivity index (χ0n) is 20.9. The van der Waals surface area contributed by atoms with Gasteiger partial charge in [-0.15, -0.1) is 0 Å². The summed E-state index contributed by atoms with van der Waals surface area (Å²) in [6.45, 7) is 2.19. The van der Waals surface area contributed by atoms with Crippen LogP contribution in [0.15, 0.2) is 48.8 Å². The van der Waals surface area contributed by atoms with Gasteiger partial charge in [0, 0.05) is 18.0 Å². The molecule has 38 heavy (non-hydrogen) atoms. The van der Waals surface area contributed by atoms with Crippen LogP contribution in [0.2, 0.25) is 5.02 Å². The summed E-state index contributed by atoms with van der Waals surface area (Å²) in [6, 6.07) is 11.3. The van der Waals surface area contributed by atoms with Crippen LogP contribution in [0.25, 0.3) is 0 Å². The first-order valence-corrected chi connectivity index (χ1v) is 13.0. The number of para-hydroxylation sites is 1. The Morgan fingerprint density at radius 1 is 1.18 bits per heavy atom. The van der Waals surface area contributed by atoms with Gasteiger partial charge < -0.3 is 19.9 Å². The highest BCUT2D eigenvalue weighted by molar-refractivity contribution is 6.34. The number of halogens is 2. The van der Waals surface area contributed by atoms with Crippen molar-refractivity contribution in [3.63, 3.8) is 0 Å². The van der Waals surface area contributed by atoms with Crippen LogP contribution in [-0.4, -0.2) is 40.3 Å². The molecule has 1 spiro atoms. The minimum absolute atomic E-state index is 0.000876. The number of ether oxygens (including phenoxy) is 1. The number of carbonyl (C=O) groups excluding carboxylic acids is 3. The first-order chi connectivity index (χ1) is 18.3. The fraction of sp³-hybridized carbons (Fsp3) is 0.357. The first kappa shape index (κ1) is 25.9. The van der Waals surface area contributed by atoms with Crippen molar-refractivity contribution < 1.29 is 23.5 Å². The maximum atomic E-state index is 13.9. The molecule has 2 heterocycles. The number of anilines is 1. The van der Waals surface area contributed by atoms with E-state index in [0.717, 1.165) is 12.8 Å². The van der Waals surface area contributed by atoms with Crippen LogP contribution in [0.3, 0.4) is 0 Å². The van der Waals surface area contributed by atoms with E-state index in [4.69, 9.17) is 16.3 Å². The Labute approximate surface area is 224 Å². The maximum Gasteiger partial charge on any atom is 0.364 e. The van der Waals surface area contributed by atoms with Gasteiger partial charge in [-0.05, 0) is 75.3 Å². The molecule has 198 valence electrons. The molecule has 2 N–H and O–H groups in total. The lowest BCUT2D eigenvalue weighted by atomic mass is 9.67. The zero-order chi connectivity index (χ0) is 26.9. The van der Waals surface area contributed by atoms with Gasteiger partial charge in [-0.2, -0.15) is 0 Å². The second-order valence-corrected chi connectivity index (χ2v) is 10.4. The van der Waals surface area contributed by atoms with Crippen LogP contribution in [-0.2, 0) is 4.79 Å². The van der Waals surface area contributed by atoms with Gasteiger partial charge in [-0.1, -0.05) is 29.8 Å². The molecular weight excluding hydrogens is 511 g/mol. The van der Waals surface area contributed by atoms with Crippen molar-refractivity contribution in [2.45, 2.75) is 51.5 Å². The molecule has 0 unspecified atom stereocenters. The van der Waals surface area contributed by atoms with E-state index in [-0.39, 0.29) is 28.4 Å². The predicted molar refractivity (Wildman–Crippen MR) is 140 cm³/mol. The standard InChI is InChI=1S/C28H28ClFN4O4/c1-17-14-22(20(29)15-21(17)30)34-13-5-10-28(27(34)37)11-8-18(9-12-28)33-25(35)23-24(32-16-31-23)26(36)38-19-6-3-2-4-7-19/h2-4,6-7,14-16,18H,5,8-13H2,1H3,(H,31,32)(H,33,35). The van der Waals surface area contributed by atoms with Crippen molar-refractivity contribution >= 4 is 35.1 Å². The number of nitrogens with zero attached hydrogens (tertiary/aromatic N) is 2. The Morgan fingerprint density at radius 3 is 2.66 bits per heavy atom. The number of nitrogens with one attached hydrogen (secondary N) is 2. The highest BCUT2D eigenvalue weighted by Crippen LogP contribution is 2.46. The second-order valence-electron chi connectivity index (χ2n) is 9.97. The van der Waals surface area contributed by atoms with Gasteiger partial charge in [0.2, 0.25) is 5.91 Å². The van der Waals surface area contributed by atoms with Crippen LogP contribution in [0.5, 0.6) is 5.75 Å². The predicted octanol–water partition coefficient (Wildman–Crippen LogP) is 5.22. The van der Waals surface area contributed by atoms with Crippen LogP contribution in [0, 0.1) is 18.2 Å². The number of esters is 1. The van der Waals surface area contributed by atoms with Gasteiger partial charge >= 0.3 is 5.97 Å². The number of aryl methyl sites for hydroxylation is 1. The average Bonchev–Trinajstić information content (AvgIpc) is 3.41. The van der Waals surface area contributed by atoms with E-state index in [1.54, 1.807) is 48.2 Å². The van der Waals surface area contributed by atoms with Crippen LogP contribution >= 0.6 is 11.6 Å². The van der Waals surface area contributed by atoms with Gasteiger partial charge in [-0.3, -0.25) is 9.59 Å². The summed E-state index contributed by atoms with van der Waals surface area (Å²) in [6.07, 6.45) is 5.30. The van der Waals surface area contributed by atoms with E-state index in [9.17, 15) is 18.8 Å². The zero-order valence-corrected chi connectivity index (χ0v) is 21.7. The van der Waals surface area contributed by atoms with E-state index >= 15 is 0 Å². The Balaban J connectivity index is 1.23. The Bertz CT molecular complexity index is 1370. The molecule has 0 atom stereocenters. The normalized spacial score (nSPS) is 21.4. The fourth-order valence-corrected chi connectivity index (χ4v) is 5.70. The quantitative estimate of drug-likeness (QED) is 0.342. The highest BCUT2D eigenvalue weighted by atomic mass is 35.5. The number of rotatable bonds is 5. The topological polar surface area (TPSA) is 104 Å². The lowest BCUT2D eigenvalue weighted by molar-refractivity contribution is -0.132. The van der Waals surface area contributed by atoms with Crippen LogP contribution in [0.1, 0.15) is 65.1 Å². The molecule has 0 bridgehead atoms. The molecule has 1 aromatic heterocycles. The molecule has 5 rings (SSSR count). The number of imidazole rings is 1.